The summed E-state index contributed by atoms with van der Waals surface area (Å²) in [5.41, 5.74) is 2.42. The van der Waals surface area contributed by atoms with Crippen LogP contribution in [0, 0.1) is 0 Å². The number of benzene rings is 1. The number of nitrogens with zero attached hydrogens (tertiary/aromatic N) is 1. The van der Waals surface area contributed by atoms with Gasteiger partial charge in [-0.1, -0.05) is 18.2 Å². The molecule has 0 saturated heterocycles. The van der Waals surface area contributed by atoms with Gasteiger partial charge in [0.15, 0.2) is 0 Å². The van der Waals surface area contributed by atoms with Crippen molar-refractivity contribution in [3.63, 3.8) is 0 Å². The molecule has 2 aromatic rings. The van der Waals surface area contributed by atoms with E-state index in [0.29, 0.717) is 5.75 Å². The maximum atomic E-state index is 9.15. The van der Waals surface area contributed by atoms with Gasteiger partial charge in [0.1, 0.15) is 5.75 Å². The highest BCUT2D eigenvalue weighted by Crippen LogP contribution is 2.09. The van der Waals surface area contributed by atoms with Crippen LogP contribution in [-0.2, 0) is 13.0 Å². The molecule has 2 N–H and O–H groups in total. The molecule has 0 spiro atoms. The molecule has 0 radical (unpaired) electrons. The number of phenolic OH excluding ortho intramolecular Hbond substituents is 1. The number of aromatic hydroxyl groups is 1. The van der Waals surface area contributed by atoms with Gasteiger partial charge in [-0.3, -0.25) is 4.98 Å². The minimum atomic E-state index is 0.317. The second-order valence-electron chi connectivity index (χ2n) is 3.95. The Balaban J connectivity index is 1.71. The summed E-state index contributed by atoms with van der Waals surface area (Å²) in [7, 11) is 0. The number of phenols is 1. The number of aromatic nitrogens is 1. The predicted octanol–water partition coefficient (Wildman–Crippen LogP) is 2.12. The van der Waals surface area contributed by atoms with Crippen LogP contribution in [0.5, 0.6) is 5.75 Å². The standard InChI is InChI=1S/C14H16N2O/c17-14-5-3-12(4-6-14)7-9-16-11-13-2-1-8-15-10-13/h1-6,8,10,16-17H,7,9,11H2. The average molecular weight is 228 g/mol. The van der Waals surface area contributed by atoms with E-state index in [1.54, 1.807) is 18.3 Å². The van der Waals surface area contributed by atoms with Gasteiger partial charge in [-0.05, 0) is 42.3 Å². The van der Waals surface area contributed by atoms with Gasteiger partial charge in [0.25, 0.3) is 0 Å². The molecule has 0 atom stereocenters. The third kappa shape index (κ3) is 3.89. The molecule has 0 saturated carbocycles. The molecule has 0 unspecified atom stereocenters. The zero-order valence-corrected chi connectivity index (χ0v) is 9.63. The van der Waals surface area contributed by atoms with Gasteiger partial charge in [0.05, 0.1) is 0 Å². The molecule has 17 heavy (non-hydrogen) atoms. The van der Waals surface area contributed by atoms with Gasteiger partial charge in [0, 0.05) is 18.9 Å². The Hall–Kier alpha value is -1.87. The third-order valence-electron chi connectivity index (χ3n) is 2.58. The highest BCUT2D eigenvalue weighted by molar-refractivity contribution is 5.26. The Labute approximate surface area is 101 Å². The van der Waals surface area contributed by atoms with Gasteiger partial charge in [-0.2, -0.15) is 0 Å². The van der Waals surface area contributed by atoms with E-state index < -0.39 is 0 Å². The van der Waals surface area contributed by atoms with Gasteiger partial charge < -0.3 is 10.4 Å². The molecule has 0 aliphatic heterocycles. The van der Waals surface area contributed by atoms with Crippen molar-refractivity contribution >= 4 is 0 Å². The molecule has 3 nitrogen and oxygen atoms in total. The van der Waals surface area contributed by atoms with Crippen molar-refractivity contribution in [1.82, 2.24) is 10.3 Å². The molecule has 0 fully saturated rings. The molecular formula is C14H16N2O. The molecule has 1 heterocycles. The zero-order valence-electron chi connectivity index (χ0n) is 9.63. The number of nitrogens with one attached hydrogen (secondary N) is 1. The largest absolute Gasteiger partial charge is 0.508 e. The molecule has 3 heteroatoms. The predicted molar refractivity (Wildman–Crippen MR) is 67.8 cm³/mol. The SMILES string of the molecule is Oc1ccc(CCNCc2cccnc2)cc1. The van der Waals surface area contributed by atoms with E-state index in [0.717, 1.165) is 19.5 Å². The van der Waals surface area contributed by atoms with Crippen molar-refractivity contribution in [3.8, 4) is 5.75 Å². The number of hydrogen-bond donors (Lipinski definition) is 2. The summed E-state index contributed by atoms with van der Waals surface area (Å²) in [6.45, 7) is 1.76. The van der Waals surface area contributed by atoms with E-state index >= 15 is 0 Å². The molecule has 0 bridgehead atoms. The topological polar surface area (TPSA) is 45.1 Å². The lowest BCUT2D eigenvalue weighted by atomic mass is 10.1. The van der Waals surface area contributed by atoms with E-state index in [-0.39, 0.29) is 0 Å². The Bertz CT molecular complexity index is 440. The number of pyridine rings is 1. The Morgan fingerprint density at radius 3 is 2.59 bits per heavy atom. The number of rotatable bonds is 5. The summed E-state index contributed by atoms with van der Waals surface area (Å²) < 4.78 is 0. The van der Waals surface area contributed by atoms with Crippen molar-refractivity contribution < 1.29 is 5.11 Å². The van der Waals surface area contributed by atoms with E-state index in [9.17, 15) is 0 Å². The first-order chi connectivity index (χ1) is 8.34. The lowest BCUT2D eigenvalue weighted by Gasteiger charge is -2.04. The number of hydrogen-bond acceptors (Lipinski definition) is 3. The van der Waals surface area contributed by atoms with Crippen LogP contribution in [0.3, 0.4) is 0 Å². The van der Waals surface area contributed by atoms with Gasteiger partial charge in [-0.15, -0.1) is 0 Å². The molecule has 1 aromatic carbocycles. The third-order valence-corrected chi connectivity index (χ3v) is 2.58. The highest BCUT2D eigenvalue weighted by Gasteiger charge is 1.94. The maximum absolute atomic E-state index is 9.15. The Kier molecular flexibility index (Phi) is 4.11. The van der Waals surface area contributed by atoms with Crippen molar-refractivity contribution in [2.24, 2.45) is 0 Å². The second-order valence-corrected chi connectivity index (χ2v) is 3.95. The average Bonchev–Trinajstić information content (AvgIpc) is 2.38. The van der Waals surface area contributed by atoms with Crippen LogP contribution in [0.25, 0.3) is 0 Å². The lowest BCUT2D eigenvalue weighted by molar-refractivity contribution is 0.475. The van der Waals surface area contributed by atoms with E-state index in [4.69, 9.17) is 5.11 Å². The van der Waals surface area contributed by atoms with Crippen LogP contribution in [0.1, 0.15) is 11.1 Å². The molecule has 0 aliphatic rings. The highest BCUT2D eigenvalue weighted by atomic mass is 16.3. The smallest absolute Gasteiger partial charge is 0.115 e. The Morgan fingerprint density at radius 2 is 1.88 bits per heavy atom. The van der Waals surface area contributed by atoms with Gasteiger partial charge >= 0.3 is 0 Å². The van der Waals surface area contributed by atoms with Crippen LogP contribution < -0.4 is 5.32 Å². The molecule has 0 aliphatic carbocycles. The Morgan fingerprint density at radius 1 is 1.06 bits per heavy atom. The van der Waals surface area contributed by atoms with Gasteiger partial charge in [-0.25, -0.2) is 0 Å². The molecule has 88 valence electrons. The van der Waals surface area contributed by atoms with E-state index in [2.05, 4.69) is 16.4 Å². The van der Waals surface area contributed by atoms with Crippen molar-refractivity contribution in [3.05, 3.63) is 59.9 Å². The summed E-state index contributed by atoms with van der Waals surface area (Å²) in [5.74, 6) is 0.317. The zero-order chi connectivity index (χ0) is 11.9. The normalized spacial score (nSPS) is 10.4. The molecular weight excluding hydrogens is 212 g/mol. The fourth-order valence-corrected chi connectivity index (χ4v) is 1.63. The maximum Gasteiger partial charge on any atom is 0.115 e. The summed E-state index contributed by atoms with van der Waals surface area (Å²) >= 11 is 0. The minimum Gasteiger partial charge on any atom is -0.508 e. The quantitative estimate of drug-likeness (QED) is 0.770. The summed E-state index contributed by atoms with van der Waals surface area (Å²) in [4.78, 5) is 4.06. The molecule has 1 aromatic heterocycles. The second kappa shape index (κ2) is 6.01. The van der Waals surface area contributed by atoms with Crippen molar-refractivity contribution in [2.45, 2.75) is 13.0 Å². The first-order valence-corrected chi connectivity index (χ1v) is 5.72. The van der Waals surface area contributed by atoms with Crippen LogP contribution >= 0.6 is 0 Å². The van der Waals surface area contributed by atoms with Crippen LogP contribution in [-0.4, -0.2) is 16.6 Å². The lowest BCUT2D eigenvalue weighted by Crippen LogP contribution is -2.16. The summed E-state index contributed by atoms with van der Waals surface area (Å²) in [6.07, 6.45) is 4.61. The van der Waals surface area contributed by atoms with Crippen LogP contribution in [0.15, 0.2) is 48.8 Å². The monoisotopic (exact) mass is 228 g/mol. The van der Waals surface area contributed by atoms with Crippen LogP contribution in [0.2, 0.25) is 0 Å². The summed E-state index contributed by atoms with van der Waals surface area (Å²) in [6, 6.07) is 11.3. The fourth-order valence-electron chi connectivity index (χ4n) is 1.63. The summed E-state index contributed by atoms with van der Waals surface area (Å²) in [5, 5.41) is 12.5. The van der Waals surface area contributed by atoms with Crippen LogP contribution in [0.4, 0.5) is 0 Å². The van der Waals surface area contributed by atoms with Crippen molar-refractivity contribution in [2.75, 3.05) is 6.54 Å². The van der Waals surface area contributed by atoms with E-state index in [1.165, 1.54) is 11.1 Å². The fraction of sp³-hybridized carbons (Fsp3) is 0.214. The first-order valence-electron chi connectivity index (χ1n) is 5.72. The molecule has 0 amide bonds. The molecule has 2 rings (SSSR count). The minimum absolute atomic E-state index is 0.317. The van der Waals surface area contributed by atoms with E-state index in [1.807, 2.05) is 24.4 Å². The first kappa shape index (κ1) is 11.6. The van der Waals surface area contributed by atoms with Crippen molar-refractivity contribution in [1.29, 1.82) is 0 Å². The van der Waals surface area contributed by atoms with Gasteiger partial charge in [0.2, 0.25) is 0 Å².